The molecular weight excluding hydrogens is 304 g/mol. The highest BCUT2D eigenvalue weighted by atomic mass is 16.2. The van der Waals surface area contributed by atoms with Crippen LogP contribution >= 0.6 is 0 Å². The molecular formula is C18H30N4O2. The first-order valence-corrected chi connectivity index (χ1v) is 9.67. The maximum absolute atomic E-state index is 12.8. The smallest absolute Gasteiger partial charge is 0.228 e. The minimum Gasteiger partial charge on any atom is -0.342 e. The van der Waals surface area contributed by atoms with Gasteiger partial charge in [-0.15, -0.1) is 0 Å². The van der Waals surface area contributed by atoms with Gasteiger partial charge in [0.05, 0.1) is 5.92 Å². The van der Waals surface area contributed by atoms with Crippen LogP contribution in [0.5, 0.6) is 0 Å². The quantitative estimate of drug-likeness (QED) is 0.786. The summed E-state index contributed by atoms with van der Waals surface area (Å²) in [5.41, 5.74) is 0. The minimum absolute atomic E-state index is 0.110. The van der Waals surface area contributed by atoms with E-state index in [-0.39, 0.29) is 17.7 Å². The molecule has 0 aromatic heterocycles. The highest BCUT2D eigenvalue weighted by Gasteiger charge is 2.43. The standard InChI is InChI=1S/C18H30N4O2/c1-2-20-5-3-4-16(20)12-21-9-13(6-17(21)23)18(24)22-10-14-7-19-8-15(14)11-22/h13-16,19H,2-12H2,1H3/t13?,14-,15+,16?. The van der Waals surface area contributed by atoms with Crippen molar-refractivity contribution >= 4 is 11.8 Å². The van der Waals surface area contributed by atoms with Crippen molar-refractivity contribution in [3.8, 4) is 0 Å². The number of likely N-dealkylation sites (N-methyl/N-ethyl adjacent to an activating group) is 1. The molecule has 0 bridgehead atoms. The maximum Gasteiger partial charge on any atom is 0.228 e. The fraction of sp³-hybridized carbons (Fsp3) is 0.889. The number of hydrogen-bond acceptors (Lipinski definition) is 4. The van der Waals surface area contributed by atoms with Crippen molar-refractivity contribution in [1.82, 2.24) is 20.0 Å². The first kappa shape index (κ1) is 16.3. The Bertz CT molecular complexity index is 499. The van der Waals surface area contributed by atoms with Gasteiger partial charge >= 0.3 is 0 Å². The molecule has 4 aliphatic rings. The molecule has 0 radical (unpaired) electrons. The maximum atomic E-state index is 12.8. The monoisotopic (exact) mass is 334 g/mol. The van der Waals surface area contributed by atoms with Gasteiger partial charge in [0, 0.05) is 51.7 Å². The predicted molar refractivity (Wildman–Crippen MR) is 91.4 cm³/mol. The van der Waals surface area contributed by atoms with E-state index in [2.05, 4.69) is 17.1 Å². The summed E-state index contributed by atoms with van der Waals surface area (Å²) < 4.78 is 0. The molecule has 134 valence electrons. The van der Waals surface area contributed by atoms with Gasteiger partial charge in [-0.05, 0) is 37.8 Å². The predicted octanol–water partition coefficient (Wildman–Crippen LogP) is -0.00300. The number of likely N-dealkylation sites (tertiary alicyclic amines) is 3. The van der Waals surface area contributed by atoms with Crippen molar-refractivity contribution in [2.24, 2.45) is 17.8 Å². The van der Waals surface area contributed by atoms with E-state index in [1.807, 2.05) is 9.80 Å². The van der Waals surface area contributed by atoms with E-state index < -0.39 is 0 Å². The molecule has 4 saturated heterocycles. The van der Waals surface area contributed by atoms with Crippen LogP contribution in [-0.2, 0) is 9.59 Å². The SMILES string of the molecule is CCN1CCCC1CN1CC(C(=O)N2C[C@H]3CNC[C@H]3C2)CC1=O. The second-order valence-corrected chi connectivity index (χ2v) is 8.05. The first-order chi connectivity index (χ1) is 11.7. The molecule has 24 heavy (non-hydrogen) atoms. The average molecular weight is 334 g/mol. The summed E-state index contributed by atoms with van der Waals surface area (Å²) in [6.45, 7) is 9.69. The zero-order valence-electron chi connectivity index (χ0n) is 14.7. The zero-order chi connectivity index (χ0) is 16.7. The van der Waals surface area contributed by atoms with Gasteiger partial charge < -0.3 is 15.1 Å². The normalized spacial score (nSPS) is 36.8. The largest absolute Gasteiger partial charge is 0.342 e. The second-order valence-electron chi connectivity index (χ2n) is 8.05. The van der Waals surface area contributed by atoms with Gasteiger partial charge in [-0.3, -0.25) is 14.5 Å². The third-order valence-corrected chi connectivity index (χ3v) is 6.60. The van der Waals surface area contributed by atoms with Gasteiger partial charge in [-0.25, -0.2) is 0 Å². The molecule has 0 aromatic rings. The molecule has 0 aliphatic carbocycles. The third kappa shape index (κ3) is 2.94. The lowest BCUT2D eigenvalue weighted by Crippen LogP contribution is -2.42. The highest BCUT2D eigenvalue weighted by molar-refractivity contribution is 5.89. The van der Waals surface area contributed by atoms with Crippen LogP contribution < -0.4 is 5.32 Å². The summed E-state index contributed by atoms with van der Waals surface area (Å²) in [6, 6.07) is 0.491. The molecule has 4 fully saturated rings. The van der Waals surface area contributed by atoms with Gasteiger partial charge in [0.15, 0.2) is 0 Å². The average Bonchev–Trinajstić information content (AvgIpc) is 3.31. The Morgan fingerprint density at radius 1 is 1.21 bits per heavy atom. The van der Waals surface area contributed by atoms with Crippen molar-refractivity contribution in [2.45, 2.75) is 32.2 Å². The Hall–Kier alpha value is -1.14. The zero-order valence-corrected chi connectivity index (χ0v) is 14.7. The van der Waals surface area contributed by atoms with Crippen LogP contribution in [0.15, 0.2) is 0 Å². The van der Waals surface area contributed by atoms with E-state index >= 15 is 0 Å². The Balaban J connectivity index is 1.33. The number of amides is 2. The Kier molecular flexibility index (Phi) is 4.52. The Morgan fingerprint density at radius 2 is 1.96 bits per heavy atom. The van der Waals surface area contributed by atoms with Crippen molar-refractivity contribution in [3.63, 3.8) is 0 Å². The number of nitrogens with zero attached hydrogens (tertiary/aromatic N) is 3. The van der Waals surface area contributed by atoms with E-state index in [1.54, 1.807) is 0 Å². The van der Waals surface area contributed by atoms with Crippen LogP contribution in [0.2, 0.25) is 0 Å². The summed E-state index contributed by atoms with van der Waals surface area (Å²) in [6.07, 6.45) is 2.83. The summed E-state index contributed by atoms with van der Waals surface area (Å²) in [5, 5.41) is 3.41. The molecule has 6 heteroatoms. The lowest BCUT2D eigenvalue weighted by molar-refractivity contribution is -0.135. The molecule has 0 spiro atoms. The lowest BCUT2D eigenvalue weighted by Gasteiger charge is -2.28. The number of fused-ring (bicyclic) bond motifs is 1. The number of carbonyl (C=O) groups is 2. The molecule has 0 aromatic carbocycles. The topological polar surface area (TPSA) is 55.9 Å². The Morgan fingerprint density at radius 3 is 2.67 bits per heavy atom. The number of carbonyl (C=O) groups excluding carboxylic acids is 2. The highest BCUT2D eigenvalue weighted by Crippen LogP contribution is 2.30. The number of hydrogen-bond donors (Lipinski definition) is 1. The van der Waals surface area contributed by atoms with E-state index in [1.165, 1.54) is 12.8 Å². The fourth-order valence-electron chi connectivity index (χ4n) is 5.18. The van der Waals surface area contributed by atoms with Crippen molar-refractivity contribution in [2.75, 3.05) is 52.4 Å². The number of rotatable bonds is 4. The molecule has 4 aliphatic heterocycles. The molecule has 4 atom stereocenters. The van der Waals surface area contributed by atoms with Gasteiger partial charge in [0.25, 0.3) is 0 Å². The van der Waals surface area contributed by atoms with E-state index in [0.717, 1.165) is 45.8 Å². The second kappa shape index (κ2) is 6.64. The Labute approximate surface area is 144 Å². The molecule has 0 saturated carbocycles. The van der Waals surface area contributed by atoms with Crippen LogP contribution in [0, 0.1) is 17.8 Å². The summed E-state index contributed by atoms with van der Waals surface area (Å²) in [4.78, 5) is 31.7. The van der Waals surface area contributed by atoms with Crippen LogP contribution in [0.4, 0.5) is 0 Å². The molecule has 6 nitrogen and oxygen atoms in total. The molecule has 1 N–H and O–H groups in total. The molecule has 2 amide bonds. The van der Waals surface area contributed by atoms with Crippen molar-refractivity contribution in [1.29, 1.82) is 0 Å². The molecule has 2 unspecified atom stereocenters. The lowest BCUT2D eigenvalue weighted by atomic mass is 10.0. The van der Waals surface area contributed by atoms with Gasteiger partial charge in [0.1, 0.15) is 0 Å². The van der Waals surface area contributed by atoms with E-state index in [4.69, 9.17) is 0 Å². The summed E-state index contributed by atoms with van der Waals surface area (Å²) >= 11 is 0. The summed E-state index contributed by atoms with van der Waals surface area (Å²) in [5.74, 6) is 1.54. The van der Waals surface area contributed by atoms with Gasteiger partial charge in [-0.2, -0.15) is 0 Å². The fourth-order valence-corrected chi connectivity index (χ4v) is 5.18. The minimum atomic E-state index is -0.110. The summed E-state index contributed by atoms with van der Waals surface area (Å²) in [7, 11) is 0. The molecule has 4 heterocycles. The number of nitrogens with one attached hydrogen (secondary N) is 1. The van der Waals surface area contributed by atoms with Crippen LogP contribution in [0.25, 0.3) is 0 Å². The molecule has 4 rings (SSSR count). The van der Waals surface area contributed by atoms with Crippen molar-refractivity contribution < 1.29 is 9.59 Å². The van der Waals surface area contributed by atoms with Gasteiger partial charge in [0.2, 0.25) is 11.8 Å². The third-order valence-electron chi connectivity index (χ3n) is 6.60. The first-order valence-electron chi connectivity index (χ1n) is 9.67. The van der Waals surface area contributed by atoms with Crippen LogP contribution in [0.1, 0.15) is 26.2 Å². The van der Waals surface area contributed by atoms with Crippen molar-refractivity contribution in [3.05, 3.63) is 0 Å². The van der Waals surface area contributed by atoms with Gasteiger partial charge in [-0.1, -0.05) is 6.92 Å². The van der Waals surface area contributed by atoms with Crippen LogP contribution in [-0.4, -0.2) is 84.9 Å². The van der Waals surface area contributed by atoms with E-state index in [0.29, 0.717) is 30.8 Å². The van der Waals surface area contributed by atoms with Crippen LogP contribution in [0.3, 0.4) is 0 Å². The van der Waals surface area contributed by atoms with E-state index in [9.17, 15) is 9.59 Å².